The standard InChI is InChI=1S/C18H22N4O2/c1-11(2)10-19-18-20-12(3)8-16(22-18)17(24)21-15-7-5-6-14(9-15)13(4)23/h5-9,11H,10H2,1-4H3,(H,21,24)(H,19,20,22). The minimum atomic E-state index is -0.339. The number of rotatable bonds is 6. The van der Waals surface area contributed by atoms with E-state index in [1.54, 1.807) is 30.3 Å². The molecule has 0 unspecified atom stereocenters. The Bertz CT molecular complexity index is 756. The second-order valence-electron chi connectivity index (χ2n) is 6.08. The van der Waals surface area contributed by atoms with E-state index >= 15 is 0 Å². The van der Waals surface area contributed by atoms with Gasteiger partial charge in [-0.1, -0.05) is 26.0 Å². The van der Waals surface area contributed by atoms with E-state index in [9.17, 15) is 9.59 Å². The Morgan fingerprint density at radius 1 is 1.17 bits per heavy atom. The van der Waals surface area contributed by atoms with Crippen LogP contribution in [0.15, 0.2) is 30.3 Å². The molecule has 0 aliphatic heterocycles. The first-order valence-electron chi connectivity index (χ1n) is 7.87. The van der Waals surface area contributed by atoms with Crippen LogP contribution in [0.5, 0.6) is 0 Å². The van der Waals surface area contributed by atoms with Crippen LogP contribution >= 0.6 is 0 Å². The molecule has 0 saturated carbocycles. The number of aromatic nitrogens is 2. The third-order valence-electron chi connectivity index (χ3n) is 3.28. The number of benzene rings is 1. The summed E-state index contributed by atoms with van der Waals surface area (Å²) in [6, 6.07) is 8.45. The molecule has 0 aliphatic carbocycles. The van der Waals surface area contributed by atoms with E-state index < -0.39 is 0 Å². The maximum atomic E-state index is 12.4. The molecule has 1 aromatic heterocycles. The molecular formula is C18H22N4O2. The number of nitrogens with zero attached hydrogens (tertiary/aromatic N) is 2. The van der Waals surface area contributed by atoms with Gasteiger partial charge in [-0.2, -0.15) is 0 Å². The van der Waals surface area contributed by atoms with Crippen LogP contribution in [0.3, 0.4) is 0 Å². The van der Waals surface area contributed by atoms with Crippen molar-refractivity contribution in [3.63, 3.8) is 0 Å². The smallest absolute Gasteiger partial charge is 0.274 e. The van der Waals surface area contributed by atoms with E-state index in [1.807, 2.05) is 6.92 Å². The van der Waals surface area contributed by atoms with Gasteiger partial charge < -0.3 is 10.6 Å². The zero-order valence-electron chi connectivity index (χ0n) is 14.4. The Labute approximate surface area is 141 Å². The van der Waals surface area contributed by atoms with Crippen LogP contribution in [0.1, 0.15) is 47.3 Å². The molecule has 2 N–H and O–H groups in total. The van der Waals surface area contributed by atoms with Crippen molar-refractivity contribution >= 4 is 23.3 Å². The molecule has 1 heterocycles. The van der Waals surface area contributed by atoms with E-state index in [2.05, 4.69) is 34.4 Å². The van der Waals surface area contributed by atoms with Gasteiger partial charge in [0.15, 0.2) is 5.78 Å². The number of hydrogen-bond donors (Lipinski definition) is 2. The summed E-state index contributed by atoms with van der Waals surface area (Å²) in [5, 5.41) is 5.88. The molecule has 0 bridgehead atoms. The number of carbonyl (C=O) groups is 2. The molecule has 2 aromatic rings. The fourth-order valence-electron chi connectivity index (χ4n) is 2.07. The predicted octanol–water partition coefficient (Wildman–Crippen LogP) is 3.31. The molecule has 24 heavy (non-hydrogen) atoms. The average Bonchev–Trinajstić information content (AvgIpc) is 2.52. The summed E-state index contributed by atoms with van der Waals surface area (Å²) in [6.07, 6.45) is 0. The van der Waals surface area contributed by atoms with Gasteiger partial charge in [-0.05, 0) is 38.0 Å². The highest BCUT2D eigenvalue weighted by atomic mass is 16.2. The molecule has 6 heteroatoms. The Morgan fingerprint density at radius 2 is 1.92 bits per heavy atom. The fraction of sp³-hybridized carbons (Fsp3) is 0.333. The SMILES string of the molecule is CC(=O)c1cccc(NC(=O)c2cc(C)nc(NCC(C)C)n2)c1. The van der Waals surface area contributed by atoms with Gasteiger partial charge in [-0.3, -0.25) is 9.59 Å². The fourth-order valence-corrected chi connectivity index (χ4v) is 2.07. The summed E-state index contributed by atoms with van der Waals surface area (Å²) in [5.41, 5.74) is 2.09. The summed E-state index contributed by atoms with van der Waals surface area (Å²) in [5.74, 6) is 0.491. The highest BCUT2D eigenvalue weighted by molar-refractivity contribution is 6.04. The quantitative estimate of drug-likeness (QED) is 0.796. The van der Waals surface area contributed by atoms with Crippen LogP contribution in [-0.2, 0) is 0 Å². The lowest BCUT2D eigenvalue weighted by atomic mass is 10.1. The second kappa shape index (κ2) is 7.68. The molecule has 1 aromatic carbocycles. The second-order valence-corrected chi connectivity index (χ2v) is 6.08. The Kier molecular flexibility index (Phi) is 5.63. The summed E-state index contributed by atoms with van der Waals surface area (Å²) in [6.45, 7) is 8.19. The van der Waals surface area contributed by atoms with Crippen LogP contribution in [-0.4, -0.2) is 28.2 Å². The zero-order chi connectivity index (χ0) is 17.7. The number of anilines is 2. The molecule has 0 radical (unpaired) electrons. The van der Waals surface area contributed by atoms with Crippen LogP contribution in [0, 0.1) is 12.8 Å². The first kappa shape index (κ1) is 17.6. The van der Waals surface area contributed by atoms with Gasteiger partial charge in [-0.15, -0.1) is 0 Å². The number of hydrogen-bond acceptors (Lipinski definition) is 5. The molecule has 0 spiro atoms. The van der Waals surface area contributed by atoms with Crippen molar-refractivity contribution in [2.24, 2.45) is 5.92 Å². The van der Waals surface area contributed by atoms with Gasteiger partial charge in [-0.25, -0.2) is 9.97 Å². The molecule has 2 rings (SSSR count). The summed E-state index contributed by atoms with van der Waals surface area (Å²) in [7, 11) is 0. The third-order valence-corrected chi connectivity index (χ3v) is 3.28. The van der Waals surface area contributed by atoms with E-state index in [0.717, 1.165) is 6.54 Å². The number of nitrogens with one attached hydrogen (secondary N) is 2. The van der Waals surface area contributed by atoms with Gasteiger partial charge in [0.2, 0.25) is 5.95 Å². The van der Waals surface area contributed by atoms with Crippen molar-refractivity contribution < 1.29 is 9.59 Å². The predicted molar refractivity (Wildman–Crippen MR) is 94.5 cm³/mol. The molecule has 0 atom stereocenters. The van der Waals surface area contributed by atoms with Crippen molar-refractivity contribution in [2.75, 3.05) is 17.2 Å². The highest BCUT2D eigenvalue weighted by Crippen LogP contribution is 2.13. The Morgan fingerprint density at radius 3 is 2.58 bits per heavy atom. The van der Waals surface area contributed by atoms with Gasteiger partial charge in [0.1, 0.15) is 5.69 Å². The molecule has 6 nitrogen and oxygen atoms in total. The minimum Gasteiger partial charge on any atom is -0.354 e. The number of Topliss-reactive ketones (excluding diaryl/α,β-unsaturated/α-hetero) is 1. The van der Waals surface area contributed by atoms with Crippen molar-refractivity contribution in [3.05, 3.63) is 47.3 Å². The number of ketones is 1. The third kappa shape index (κ3) is 4.87. The first-order chi connectivity index (χ1) is 11.3. The summed E-state index contributed by atoms with van der Waals surface area (Å²) >= 11 is 0. The van der Waals surface area contributed by atoms with Crippen molar-refractivity contribution in [2.45, 2.75) is 27.7 Å². The van der Waals surface area contributed by atoms with Crippen LogP contribution in [0.4, 0.5) is 11.6 Å². The average molecular weight is 326 g/mol. The van der Waals surface area contributed by atoms with Crippen molar-refractivity contribution in [1.29, 1.82) is 0 Å². The number of aryl methyl sites for hydroxylation is 1. The van der Waals surface area contributed by atoms with Crippen molar-refractivity contribution in [1.82, 2.24) is 9.97 Å². The molecule has 0 aliphatic rings. The Balaban J connectivity index is 2.17. The van der Waals surface area contributed by atoms with Gasteiger partial charge in [0, 0.05) is 23.5 Å². The van der Waals surface area contributed by atoms with Gasteiger partial charge in [0.25, 0.3) is 5.91 Å². The normalized spacial score (nSPS) is 10.5. The van der Waals surface area contributed by atoms with Crippen molar-refractivity contribution in [3.8, 4) is 0 Å². The van der Waals surface area contributed by atoms with Gasteiger partial charge in [0.05, 0.1) is 0 Å². The number of carbonyl (C=O) groups excluding carboxylic acids is 2. The topological polar surface area (TPSA) is 84.0 Å². The largest absolute Gasteiger partial charge is 0.354 e. The van der Waals surface area contributed by atoms with Gasteiger partial charge >= 0.3 is 0 Å². The molecule has 0 saturated heterocycles. The number of amides is 1. The molecule has 126 valence electrons. The van der Waals surface area contributed by atoms with E-state index in [-0.39, 0.29) is 17.4 Å². The molecular weight excluding hydrogens is 304 g/mol. The first-order valence-corrected chi connectivity index (χ1v) is 7.87. The maximum absolute atomic E-state index is 12.4. The molecule has 1 amide bonds. The van der Waals surface area contributed by atoms with Crippen LogP contribution < -0.4 is 10.6 Å². The van der Waals surface area contributed by atoms with E-state index in [1.165, 1.54) is 6.92 Å². The highest BCUT2D eigenvalue weighted by Gasteiger charge is 2.12. The van der Waals surface area contributed by atoms with Crippen LogP contribution in [0.2, 0.25) is 0 Å². The lowest BCUT2D eigenvalue weighted by Gasteiger charge is -2.10. The minimum absolute atomic E-state index is 0.0517. The van der Waals surface area contributed by atoms with E-state index in [0.29, 0.717) is 28.8 Å². The van der Waals surface area contributed by atoms with Crippen LogP contribution in [0.25, 0.3) is 0 Å². The van der Waals surface area contributed by atoms with E-state index in [4.69, 9.17) is 0 Å². The molecule has 0 fully saturated rings. The Hall–Kier alpha value is -2.76. The maximum Gasteiger partial charge on any atom is 0.274 e. The lowest BCUT2D eigenvalue weighted by molar-refractivity contribution is 0.100. The lowest BCUT2D eigenvalue weighted by Crippen LogP contribution is -2.17. The zero-order valence-corrected chi connectivity index (χ0v) is 14.4. The summed E-state index contributed by atoms with van der Waals surface area (Å²) in [4.78, 5) is 32.4. The monoisotopic (exact) mass is 326 g/mol. The summed E-state index contributed by atoms with van der Waals surface area (Å²) < 4.78 is 0.